The maximum atomic E-state index is 3.38. The fraction of sp³-hybridized carbons (Fsp3) is 1.00. The van der Waals surface area contributed by atoms with E-state index in [-0.39, 0.29) is 0 Å². The summed E-state index contributed by atoms with van der Waals surface area (Å²) < 4.78 is 0. The van der Waals surface area contributed by atoms with Crippen LogP contribution >= 0.6 is 0 Å². The van der Waals surface area contributed by atoms with Crippen LogP contribution in [-0.2, 0) is 0 Å². The van der Waals surface area contributed by atoms with Gasteiger partial charge in [0.15, 0.2) is 0 Å². The van der Waals surface area contributed by atoms with Crippen molar-refractivity contribution in [2.45, 2.75) is 27.7 Å². The van der Waals surface area contributed by atoms with Crippen molar-refractivity contribution in [2.24, 2.45) is 5.41 Å². The fourth-order valence-electron chi connectivity index (χ4n) is 1.80. The lowest BCUT2D eigenvalue weighted by molar-refractivity contribution is 0.0402. The minimum absolute atomic E-state index is 0.560. The second-order valence-electron chi connectivity index (χ2n) is 3.76. The van der Waals surface area contributed by atoms with Crippen LogP contribution in [0.15, 0.2) is 0 Å². The molecule has 1 heterocycles. The maximum Gasteiger partial charge on any atom is 0.00570 e. The van der Waals surface area contributed by atoms with E-state index in [0.717, 1.165) is 6.54 Å². The number of rotatable bonds is 3. The highest BCUT2D eigenvalue weighted by atomic mass is 15.2. The van der Waals surface area contributed by atoms with Crippen molar-refractivity contribution in [2.75, 3.05) is 33.2 Å². The molecule has 0 aliphatic carbocycles. The van der Waals surface area contributed by atoms with Crippen molar-refractivity contribution in [1.29, 1.82) is 0 Å². The van der Waals surface area contributed by atoms with Gasteiger partial charge in [0.1, 0.15) is 0 Å². The molecule has 0 aromatic rings. The molecule has 1 rings (SSSR count). The van der Waals surface area contributed by atoms with Crippen LogP contribution in [0, 0.1) is 5.41 Å². The lowest BCUT2D eigenvalue weighted by Gasteiger charge is -2.46. The molecule has 0 unspecified atom stereocenters. The molecule has 1 aliphatic heterocycles. The quantitative estimate of drug-likeness (QED) is 0.695. The SMILES string of the molecule is CC.CCNCC1(C)CN(C)C1. The zero-order valence-electron chi connectivity index (χ0n) is 9.28. The highest BCUT2D eigenvalue weighted by molar-refractivity contribution is 4.90. The molecule has 0 aromatic heterocycles. The summed E-state index contributed by atoms with van der Waals surface area (Å²) in [4.78, 5) is 2.36. The van der Waals surface area contributed by atoms with Crippen molar-refractivity contribution in [3.63, 3.8) is 0 Å². The molecule has 0 spiro atoms. The normalized spacial score (nSPS) is 20.8. The number of hydrogen-bond acceptors (Lipinski definition) is 2. The van der Waals surface area contributed by atoms with E-state index < -0.39 is 0 Å². The Morgan fingerprint density at radius 1 is 1.33 bits per heavy atom. The molecule has 0 bridgehead atoms. The first-order chi connectivity index (χ1) is 5.66. The third kappa shape index (κ3) is 3.55. The van der Waals surface area contributed by atoms with E-state index in [9.17, 15) is 0 Å². The van der Waals surface area contributed by atoms with Gasteiger partial charge in [0, 0.05) is 25.0 Å². The van der Waals surface area contributed by atoms with Crippen molar-refractivity contribution in [1.82, 2.24) is 10.2 Å². The second kappa shape index (κ2) is 5.55. The van der Waals surface area contributed by atoms with Gasteiger partial charge >= 0.3 is 0 Å². The summed E-state index contributed by atoms with van der Waals surface area (Å²) in [6, 6.07) is 0. The second-order valence-corrected chi connectivity index (χ2v) is 3.76. The van der Waals surface area contributed by atoms with Crippen LogP contribution < -0.4 is 5.32 Å². The third-order valence-corrected chi connectivity index (χ3v) is 2.11. The first-order valence-corrected chi connectivity index (χ1v) is 5.05. The molecule has 0 saturated carbocycles. The van der Waals surface area contributed by atoms with Gasteiger partial charge in [-0.15, -0.1) is 0 Å². The molecule has 1 N–H and O–H groups in total. The van der Waals surface area contributed by atoms with Crippen LogP contribution in [0.25, 0.3) is 0 Å². The van der Waals surface area contributed by atoms with E-state index in [1.807, 2.05) is 13.8 Å². The van der Waals surface area contributed by atoms with Crippen LogP contribution in [0.4, 0.5) is 0 Å². The number of nitrogens with zero attached hydrogens (tertiary/aromatic N) is 1. The van der Waals surface area contributed by atoms with E-state index in [1.54, 1.807) is 0 Å². The van der Waals surface area contributed by atoms with E-state index in [4.69, 9.17) is 0 Å². The zero-order valence-corrected chi connectivity index (χ0v) is 9.28. The first kappa shape index (κ1) is 11.9. The van der Waals surface area contributed by atoms with Crippen LogP contribution in [0.1, 0.15) is 27.7 Å². The zero-order chi connectivity index (χ0) is 9.61. The molecular weight excluding hydrogens is 148 g/mol. The smallest absolute Gasteiger partial charge is 0.00570 e. The Kier molecular flexibility index (Phi) is 5.51. The van der Waals surface area contributed by atoms with E-state index in [2.05, 4.69) is 31.1 Å². The minimum atomic E-state index is 0.560. The van der Waals surface area contributed by atoms with Crippen LogP contribution in [-0.4, -0.2) is 38.1 Å². The average Bonchev–Trinajstić information content (AvgIpc) is 2.02. The molecule has 1 fully saturated rings. The van der Waals surface area contributed by atoms with Crippen molar-refractivity contribution in [3.05, 3.63) is 0 Å². The minimum Gasteiger partial charge on any atom is -0.316 e. The van der Waals surface area contributed by atoms with E-state index in [1.165, 1.54) is 19.6 Å². The van der Waals surface area contributed by atoms with Gasteiger partial charge in [0.05, 0.1) is 0 Å². The van der Waals surface area contributed by atoms with Gasteiger partial charge < -0.3 is 10.2 Å². The molecule has 0 aromatic carbocycles. The lowest BCUT2D eigenvalue weighted by Crippen LogP contribution is -2.56. The highest BCUT2D eigenvalue weighted by Gasteiger charge is 2.35. The fourth-order valence-corrected chi connectivity index (χ4v) is 1.80. The van der Waals surface area contributed by atoms with Gasteiger partial charge in [0.25, 0.3) is 0 Å². The summed E-state index contributed by atoms with van der Waals surface area (Å²) in [6.07, 6.45) is 0. The highest BCUT2D eigenvalue weighted by Crippen LogP contribution is 2.26. The Morgan fingerprint density at radius 3 is 2.17 bits per heavy atom. The Hall–Kier alpha value is -0.0800. The third-order valence-electron chi connectivity index (χ3n) is 2.11. The monoisotopic (exact) mass is 172 g/mol. The summed E-state index contributed by atoms with van der Waals surface area (Å²) in [6.45, 7) is 13.3. The molecule has 0 radical (unpaired) electrons. The Balaban J connectivity index is 0.000000561. The van der Waals surface area contributed by atoms with Gasteiger partial charge in [-0.1, -0.05) is 27.7 Å². The predicted molar refractivity (Wildman–Crippen MR) is 55.5 cm³/mol. The van der Waals surface area contributed by atoms with Gasteiger partial charge in [0.2, 0.25) is 0 Å². The lowest BCUT2D eigenvalue weighted by atomic mass is 9.82. The van der Waals surface area contributed by atoms with E-state index >= 15 is 0 Å². The molecule has 2 nitrogen and oxygen atoms in total. The first-order valence-electron chi connectivity index (χ1n) is 5.05. The standard InChI is InChI=1S/C8H18N2.C2H6/c1-4-9-5-8(2)6-10(3)7-8;1-2/h9H,4-7H2,1-3H3;1-2H3. The topological polar surface area (TPSA) is 15.3 Å². The van der Waals surface area contributed by atoms with E-state index in [0.29, 0.717) is 5.41 Å². The Morgan fingerprint density at radius 2 is 1.83 bits per heavy atom. The maximum absolute atomic E-state index is 3.38. The summed E-state index contributed by atoms with van der Waals surface area (Å²) in [5.74, 6) is 0. The summed E-state index contributed by atoms with van der Waals surface area (Å²) in [5, 5.41) is 3.38. The summed E-state index contributed by atoms with van der Waals surface area (Å²) in [5.41, 5.74) is 0.560. The molecule has 74 valence electrons. The molecule has 2 heteroatoms. The number of nitrogens with one attached hydrogen (secondary N) is 1. The largest absolute Gasteiger partial charge is 0.316 e. The van der Waals surface area contributed by atoms with Gasteiger partial charge in [-0.2, -0.15) is 0 Å². The molecule has 1 saturated heterocycles. The van der Waals surface area contributed by atoms with Gasteiger partial charge in [-0.25, -0.2) is 0 Å². The van der Waals surface area contributed by atoms with Crippen LogP contribution in [0.3, 0.4) is 0 Å². The van der Waals surface area contributed by atoms with Gasteiger partial charge in [-0.3, -0.25) is 0 Å². The summed E-state index contributed by atoms with van der Waals surface area (Å²) >= 11 is 0. The molecule has 12 heavy (non-hydrogen) atoms. The Bertz CT molecular complexity index is 106. The van der Waals surface area contributed by atoms with Crippen molar-refractivity contribution >= 4 is 0 Å². The number of likely N-dealkylation sites (tertiary alicyclic amines) is 1. The van der Waals surface area contributed by atoms with Crippen molar-refractivity contribution < 1.29 is 0 Å². The van der Waals surface area contributed by atoms with Crippen LogP contribution in [0.5, 0.6) is 0 Å². The molecule has 1 aliphatic rings. The molecular formula is C10H24N2. The summed E-state index contributed by atoms with van der Waals surface area (Å²) in [7, 11) is 2.17. The molecule has 0 amide bonds. The average molecular weight is 172 g/mol. The molecule has 0 atom stereocenters. The predicted octanol–water partition coefficient (Wildman–Crippen LogP) is 1.57. The van der Waals surface area contributed by atoms with Crippen LogP contribution in [0.2, 0.25) is 0 Å². The number of hydrogen-bond donors (Lipinski definition) is 1. The van der Waals surface area contributed by atoms with Gasteiger partial charge in [-0.05, 0) is 13.6 Å². The van der Waals surface area contributed by atoms with Crippen molar-refractivity contribution in [3.8, 4) is 0 Å². The Labute approximate surface area is 77.3 Å².